The molecule has 0 aliphatic rings. The van der Waals surface area contributed by atoms with E-state index in [0.29, 0.717) is 21.8 Å². The summed E-state index contributed by atoms with van der Waals surface area (Å²) in [6, 6.07) is 17.8. The summed E-state index contributed by atoms with van der Waals surface area (Å²) in [5, 5.41) is 0.964. The summed E-state index contributed by atoms with van der Waals surface area (Å²) in [6.45, 7) is 4.24. The maximum absolute atomic E-state index is 13.6. The number of hydrogen-bond donors (Lipinski definition) is 0. The maximum atomic E-state index is 13.6. The summed E-state index contributed by atoms with van der Waals surface area (Å²) in [4.78, 5) is 36.8. The Balaban J connectivity index is 1.64. The number of carbonyl (C=O) groups is 1. The van der Waals surface area contributed by atoms with Crippen molar-refractivity contribution < 1.29 is 9.21 Å². The molecular formula is C25H19N3O3S. The lowest BCUT2D eigenvalue weighted by molar-refractivity contribution is 0.0958. The summed E-state index contributed by atoms with van der Waals surface area (Å²) in [5.74, 6) is -0.469. The van der Waals surface area contributed by atoms with Crippen molar-refractivity contribution in [3.63, 3.8) is 0 Å². The molecule has 7 heteroatoms. The Labute approximate surface area is 187 Å². The highest BCUT2D eigenvalue weighted by atomic mass is 32.1. The number of anilines is 1. The minimum atomic E-state index is -0.438. The van der Waals surface area contributed by atoms with Gasteiger partial charge in [0.2, 0.25) is 0 Å². The molecule has 3 aromatic heterocycles. The van der Waals surface area contributed by atoms with Gasteiger partial charge < -0.3 is 4.42 Å². The molecule has 158 valence electrons. The first-order chi connectivity index (χ1) is 15.5. The van der Waals surface area contributed by atoms with Gasteiger partial charge in [0.1, 0.15) is 5.58 Å². The van der Waals surface area contributed by atoms with E-state index in [1.54, 1.807) is 30.5 Å². The predicted molar refractivity (Wildman–Crippen MR) is 126 cm³/mol. The van der Waals surface area contributed by atoms with E-state index < -0.39 is 5.91 Å². The van der Waals surface area contributed by atoms with Gasteiger partial charge in [-0.2, -0.15) is 0 Å². The fourth-order valence-corrected chi connectivity index (χ4v) is 4.84. The summed E-state index contributed by atoms with van der Waals surface area (Å²) < 4.78 is 6.82. The smallest absolute Gasteiger partial charge is 0.296 e. The molecule has 32 heavy (non-hydrogen) atoms. The molecule has 3 heterocycles. The van der Waals surface area contributed by atoms with Gasteiger partial charge in [-0.05, 0) is 55.3 Å². The number of aromatic nitrogens is 2. The fourth-order valence-electron chi connectivity index (χ4n) is 3.70. The molecule has 0 radical (unpaired) electrons. The van der Waals surface area contributed by atoms with Crippen molar-refractivity contribution in [2.45, 2.75) is 20.4 Å². The molecule has 0 saturated carbocycles. The van der Waals surface area contributed by atoms with Crippen molar-refractivity contribution >= 4 is 43.6 Å². The van der Waals surface area contributed by atoms with Crippen LogP contribution in [0.25, 0.3) is 21.2 Å². The monoisotopic (exact) mass is 441 g/mol. The Morgan fingerprint density at radius 1 is 1.06 bits per heavy atom. The summed E-state index contributed by atoms with van der Waals surface area (Å²) in [5.41, 5.74) is 3.85. The lowest BCUT2D eigenvalue weighted by atomic mass is 10.1. The van der Waals surface area contributed by atoms with E-state index in [1.165, 1.54) is 22.3 Å². The van der Waals surface area contributed by atoms with Crippen molar-refractivity contribution in [3.05, 3.63) is 99.7 Å². The first-order valence-corrected chi connectivity index (χ1v) is 10.9. The number of hydrogen-bond acceptors (Lipinski definition) is 6. The Morgan fingerprint density at radius 3 is 2.69 bits per heavy atom. The highest BCUT2D eigenvalue weighted by molar-refractivity contribution is 7.22. The van der Waals surface area contributed by atoms with Gasteiger partial charge in [0.05, 0.1) is 27.8 Å². The number of rotatable bonds is 4. The van der Waals surface area contributed by atoms with Crippen LogP contribution < -0.4 is 10.3 Å². The van der Waals surface area contributed by atoms with Gasteiger partial charge in [0.25, 0.3) is 5.91 Å². The number of fused-ring (bicyclic) bond motifs is 2. The van der Waals surface area contributed by atoms with Gasteiger partial charge in [0, 0.05) is 12.3 Å². The van der Waals surface area contributed by atoms with E-state index in [2.05, 4.69) is 17.1 Å². The molecule has 0 saturated heterocycles. The molecule has 0 aliphatic carbocycles. The average molecular weight is 442 g/mol. The van der Waals surface area contributed by atoms with Crippen molar-refractivity contribution in [2.24, 2.45) is 0 Å². The minimum Gasteiger partial charge on any atom is -0.451 e. The van der Waals surface area contributed by atoms with E-state index in [9.17, 15) is 9.59 Å². The number of amides is 1. The highest BCUT2D eigenvalue weighted by Gasteiger charge is 2.25. The summed E-state index contributed by atoms with van der Waals surface area (Å²) in [7, 11) is 0. The molecular weight excluding hydrogens is 422 g/mol. The number of benzene rings is 2. The van der Waals surface area contributed by atoms with E-state index in [0.717, 1.165) is 21.3 Å². The van der Waals surface area contributed by atoms with Crippen molar-refractivity contribution in [2.75, 3.05) is 4.90 Å². The topological polar surface area (TPSA) is 76.3 Å². The number of thiazole rings is 1. The Kier molecular flexibility index (Phi) is 5.03. The van der Waals surface area contributed by atoms with Crippen LogP contribution in [0.4, 0.5) is 5.13 Å². The second kappa shape index (κ2) is 8.01. The van der Waals surface area contributed by atoms with Crippen LogP contribution in [0.1, 0.15) is 27.4 Å². The molecule has 0 atom stereocenters. The zero-order valence-electron chi connectivity index (χ0n) is 17.5. The third kappa shape index (κ3) is 3.67. The predicted octanol–water partition coefficient (Wildman–Crippen LogP) is 5.26. The van der Waals surface area contributed by atoms with Crippen LogP contribution in [0.2, 0.25) is 0 Å². The van der Waals surface area contributed by atoms with Crippen LogP contribution in [0.3, 0.4) is 0 Å². The van der Waals surface area contributed by atoms with Gasteiger partial charge in [-0.25, -0.2) is 4.98 Å². The zero-order chi connectivity index (χ0) is 22.2. The minimum absolute atomic E-state index is 0.0308. The lowest BCUT2D eigenvalue weighted by Crippen LogP contribution is -2.31. The number of para-hydroxylation sites is 1. The zero-order valence-corrected chi connectivity index (χ0v) is 18.3. The molecule has 0 N–H and O–H groups in total. The number of aryl methyl sites for hydroxylation is 2. The quantitative estimate of drug-likeness (QED) is 0.380. The molecule has 6 nitrogen and oxygen atoms in total. The maximum Gasteiger partial charge on any atom is 0.296 e. The second-order valence-electron chi connectivity index (χ2n) is 7.61. The second-order valence-corrected chi connectivity index (χ2v) is 8.62. The van der Waals surface area contributed by atoms with E-state index in [-0.39, 0.29) is 17.7 Å². The first kappa shape index (κ1) is 20.1. The van der Waals surface area contributed by atoms with Crippen LogP contribution >= 0.6 is 11.3 Å². The molecule has 0 fully saturated rings. The van der Waals surface area contributed by atoms with Crippen molar-refractivity contribution in [3.8, 4) is 0 Å². The third-order valence-corrected chi connectivity index (χ3v) is 6.21. The van der Waals surface area contributed by atoms with Gasteiger partial charge in [-0.3, -0.25) is 19.5 Å². The average Bonchev–Trinajstić information content (AvgIpc) is 3.22. The molecule has 0 aliphatic heterocycles. The van der Waals surface area contributed by atoms with Crippen LogP contribution in [0.15, 0.2) is 76.1 Å². The van der Waals surface area contributed by atoms with Crippen molar-refractivity contribution in [1.29, 1.82) is 0 Å². The van der Waals surface area contributed by atoms with Crippen LogP contribution in [0.5, 0.6) is 0 Å². The molecule has 5 aromatic rings. The highest BCUT2D eigenvalue weighted by Crippen LogP contribution is 2.33. The van der Waals surface area contributed by atoms with Gasteiger partial charge in [-0.15, -0.1) is 0 Å². The third-order valence-electron chi connectivity index (χ3n) is 5.19. The molecule has 0 spiro atoms. The van der Waals surface area contributed by atoms with Crippen LogP contribution in [-0.2, 0) is 6.54 Å². The van der Waals surface area contributed by atoms with Crippen LogP contribution in [0, 0.1) is 13.8 Å². The largest absolute Gasteiger partial charge is 0.451 e. The van der Waals surface area contributed by atoms with Gasteiger partial charge in [-0.1, -0.05) is 35.6 Å². The Hall–Kier alpha value is -3.84. The number of carbonyl (C=O) groups excluding carboxylic acids is 1. The Morgan fingerprint density at radius 2 is 1.88 bits per heavy atom. The molecule has 2 aromatic carbocycles. The SMILES string of the molecule is Cc1cc(C)c2nc(N(Cc3ccccn3)C(=O)c3cc(=O)c4ccccc4o3)sc2c1. The van der Waals surface area contributed by atoms with E-state index in [4.69, 9.17) is 9.40 Å². The first-order valence-electron chi connectivity index (χ1n) is 10.1. The van der Waals surface area contributed by atoms with Gasteiger partial charge in [0.15, 0.2) is 16.3 Å². The molecule has 0 unspecified atom stereocenters. The number of nitrogens with zero attached hydrogens (tertiary/aromatic N) is 3. The molecule has 0 bridgehead atoms. The normalized spacial score (nSPS) is 11.2. The summed E-state index contributed by atoms with van der Waals surface area (Å²) in [6.07, 6.45) is 1.68. The summed E-state index contributed by atoms with van der Waals surface area (Å²) >= 11 is 1.43. The standard InChI is InChI=1S/C25H19N3O3S/c1-15-11-16(2)23-22(12-15)32-25(27-23)28(14-17-7-5-6-10-26-17)24(30)21-13-19(29)18-8-3-4-9-20(18)31-21/h3-13H,14H2,1-2H3. The molecule has 1 amide bonds. The lowest BCUT2D eigenvalue weighted by Gasteiger charge is -2.19. The fraction of sp³-hybridized carbons (Fsp3) is 0.120. The van der Waals surface area contributed by atoms with Crippen LogP contribution in [-0.4, -0.2) is 15.9 Å². The van der Waals surface area contributed by atoms with Gasteiger partial charge >= 0.3 is 0 Å². The number of pyridine rings is 1. The van der Waals surface area contributed by atoms with E-state index >= 15 is 0 Å². The van der Waals surface area contributed by atoms with E-state index in [1.807, 2.05) is 32.0 Å². The Bertz CT molecular complexity index is 1520. The van der Waals surface area contributed by atoms with Crippen molar-refractivity contribution in [1.82, 2.24) is 9.97 Å². The molecule has 5 rings (SSSR count).